The molecule has 9 heteroatoms. The number of thiazole rings is 1. The lowest BCUT2D eigenvalue weighted by molar-refractivity contribution is -0.114. The maximum Gasteiger partial charge on any atom is 0.414 e. The molecule has 0 aliphatic rings. The molecule has 0 bridgehead atoms. The Hall–Kier alpha value is -3.20. The molecule has 0 aliphatic carbocycles. The second-order valence-corrected chi connectivity index (χ2v) is 5.86. The van der Waals surface area contributed by atoms with Gasteiger partial charge in [0, 0.05) is 23.6 Å². The zero-order valence-electron chi connectivity index (χ0n) is 13.4. The Bertz CT molecular complexity index is 929. The van der Waals surface area contributed by atoms with Crippen molar-refractivity contribution in [2.45, 2.75) is 6.92 Å². The van der Waals surface area contributed by atoms with E-state index in [1.165, 1.54) is 24.3 Å². The summed E-state index contributed by atoms with van der Waals surface area (Å²) in [4.78, 5) is 27.5. The van der Waals surface area contributed by atoms with Gasteiger partial charge in [-0.2, -0.15) is 4.98 Å². The number of rotatable bonds is 5. The quantitative estimate of drug-likeness (QED) is 0.684. The van der Waals surface area contributed by atoms with E-state index < -0.39 is 6.09 Å². The number of amides is 2. The molecule has 0 saturated heterocycles. The number of benzene rings is 1. The van der Waals surface area contributed by atoms with Crippen LogP contribution in [-0.4, -0.2) is 33.2 Å². The van der Waals surface area contributed by atoms with Crippen LogP contribution in [-0.2, 0) is 9.53 Å². The van der Waals surface area contributed by atoms with E-state index in [0.717, 1.165) is 11.3 Å². The molecule has 2 heterocycles. The van der Waals surface area contributed by atoms with E-state index in [1.54, 1.807) is 4.52 Å². The fourth-order valence-corrected chi connectivity index (χ4v) is 2.95. The van der Waals surface area contributed by atoms with Gasteiger partial charge in [0.1, 0.15) is 6.61 Å². The first kappa shape index (κ1) is 16.7. The molecule has 0 atom stereocenters. The lowest BCUT2D eigenvalue weighted by Crippen LogP contribution is -2.14. The highest BCUT2D eigenvalue weighted by atomic mass is 32.1. The van der Waals surface area contributed by atoms with Gasteiger partial charge in [0.2, 0.25) is 10.9 Å². The maximum absolute atomic E-state index is 11.5. The molecule has 25 heavy (non-hydrogen) atoms. The number of ether oxygens (including phenoxy) is 1. The van der Waals surface area contributed by atoms with Crippen LogP contribution in [0.25, 0.3) is 16.2 Å². The standard InChI is InChI=1S/C16H15N5O3S/c1-3-8-24-16(23)19-14-18-15-21(20-14)13(9-25-15)11-4-6-12(7-5-11)17-10(2)22/h3-7,9H,1,8H2,2H3,(H,17,22)(H,19,20,23). The zero-order valence-corrected chi connectivity index (χ0v) is 14.2. The molecule has 0 spiro atoms. The second kappa shape index (κ2) is 7.14. The molecule has 2 aromatic heterocycles. The van der Waals surface area contributed by atoms with Gasteiger partial charge in [-0.05, 0) is 12.1 Å². The summed E-state index contributed by atoms with van der Waals surface area (Å²) in [5, 5.41) is 11.4. The second-order valence-electron chi connectivity index (χ2n) is 5.02. The molecule has 128 valence electrons. The van der Waals surface area contributed by atoms with Gasteiger partial charge in [-0.1, -0.05) is 24.8 Å². The smallest absolute Gasteiger partial charge is 0.414 e. The minimum atomic E-state index is -0.639. The first-order valence-corrected chi connectivity index (χ1v) is 8.22. The average molecular weight is 357 g/mol. The van der Waals surface area contributed by atoms with Crippen molar-refractivity contribution < 1.29 is 14.3 Å². The Morgan fingerprint density at radius 3 is 2.76 bits per heavy atom. The summed E-state index contributed by atoms with van der Waals surface area (Å²) in [5.74, 6) is 0.0398. The van der Waals surface area contributed by atoms with E-state index >= 15 is 0 Å². The topological polar surface area (TPSA) is 97.6 Å². The zero-order chi connectivity index (χ0) is 17.8. The molecule has 0 radical (unpaired) electrons. The van der Waals surface area contributed by atoms with Crippen LogP contribution in [0.15, 0.2) is 42.3 Å². The number of anilines is 2. The van der Waals surface area contributed by atoms with Gasteiger partial charge < -0.3 is 10.1 Å². The van der Waals surface area contributed by atoms with E-state index in [1.807, 2.05) is 29.6 Å². The molecule has 2 N–H and O–H groups in total. The van der Waals surface area contributed by atoms with Gasteiger partial charge in [-0.25, -0.2) is 9.31 Å². The van der Waals surface area contributed by atoms with Crippen LogP contribution in [0.4, 0.5) is 16.4 Å². The summed E-state index contributed by atoms with van der Waals surface area (Å²) in [6, 6.07) is 7.37. The van der Waals surface area contributed by atoms with Gasteiger partial charge in [-0.15, -0.1) is 16.4 Å². The van der Waals surface area contributed by atoms with Gasteiger partial charge in [0.15, 0.2) is 0 Å². The fraction of sp³-hybridized carbons (Fsp3) is 0.125. The summed E-state index contributed by atoms with van der Waals surface area (Å²) < 4.78 is 6.48. The third-order valence-corrected chi connectivity index (χ3v) is 3.94. The van der Waals surface area contributed by atoms with E-state index in [2.05, 4.69) is 27.3 Å². The van der Waals surface area contributed by atoms with Crippen molar-refractivity contribution in [3.05, 3.63) is 42.3 Å². The number of aromatic nitrogens is 3. The summed E-state index contributed by atoms with van der Waals surface area (Å²) >= 11 is 1.40. The van der Waals surface area contributed by atoms with Gasteiger partial charge in [0.25, 0.3) is 5.95 Å². The Labute approximate surface area is 147 Å². The van der Waals surface area contributed by atoms with Crippen LogP contribution in [0, 0.1) is 0 Å². The fourth-order valence-electron chi connectivity index (χ4n) is 2.12. The van der Waals surface area contributed by atoms with Crippen LogP contribution in [0.1, 0.15) is 6.92 Å². The molecule has 0 aliphatic heterocycles. The molecule has 0 fully saturated rings. The van der Waals surface area contributed by atoms with Gasteiger partial charge >= 0.3 is 6.09 Å². The number of nitrogens with zero attached hydrogens (tertiary/aromatic N) is 3. The van der Waals surface area contributed by atoms with Crippen LogP contribution in [0.2, 0.25) is 0 Å². The van der Waals surface area contributed by atoms with Crippen molar-refractivity contribution in [1.82, 2.24) is 14.6 Å². The van der Waals surface area contributed by atoms with Crippen LogP contribution in [0.3, 0.4) is 0 Å². The van der Waals surface area contributed by atoms with Crippen molar-refractivity contribution in [3.8, 4) is 11.3 Å². The molecule has 0 unspecified atom stereocenters. The summed E-state index contributed by atoms with van der Waals surface area (Å²) in [6.07, 6.45) is 0.834. The molecular formula is C16H15N5O3S. The number of nitrogens with one attached hydrogen (secondary N) is 2. The monoisotopic (exact) mass is 357 g/mol. The minimum absolute atomic E-state index is 0.111. The van der Waals surface area contributed by atoms with E-state index in [4.69, 9.17) is 4.74 Å². The highest BCUT2D eigenvalue weighted by Gasteiger charge is 2.13. The molecule has 3 rings (SSSR count). The lowest BCUT2D eigenvalue weighted by Gasteiger charge is -2.03. The van der Waals surface area contributed by atoms with Crippen molar-refractivity contribution in [2.24, 2.45) is 0 Å². The SMILES string of the molecule is C=CCOC(=O)Nc1nc2scc(-c3ccc(NC(C)=O)cc3)n2n1. The first-order chi connectivity index (χ1) is 12.1. The minimum Gasteiger partial charge on any atom is -0.445 e. The molecule has 8 nitrogen and oxygen atoms in total. The van der Waals surface area contributed by atoms with Crippen molar-refractivity contribution in [2.75, 3.05) is 17.2 Å². The van der Waals surface area contributed by atoms with Crippen molar-refractivity contribution >= 4 is 39.9 Å². The van der Waals surface area contributed by atoms with E-state index in [9.17, 15) is 9.59 Å². The number of carbonyl (C=O) groups is 2. The number of carbonyl (C=O) groups excluding carboxylic acids is 2. The summed E-state index contributed by atoms with van der Waals surface area (Å²) in [6.45, 7) is 5.04. The van der Waals surface area contributed by atoms with E-state index in [-0.39, 0.29) is 18.5 Å². The molecule has 1 aromatic carbocycles. The van der Waals surface area contributed by atoms with Crippen LogP contribution >= 0.6 is 11.3 Å². The number of hydrogen-bond acceptors (Lipinski definition) is 6. The third kappa shape index (κ3) is 3.83. The van der Waals surface area contributed by atoms with Crippen LogP contribution < -0.4 is 10.6 Å². The molecule has 3 aromatic rings. The Morgan fingerprint density at radius 2 is 2.08 bits per heavy atom. The number of hydrogen-bond donors (Lipinski definition) is 2. The van der Waals surface area contributed by atoms with Gasteiger partial charge in [0.05, 0.1) is 5.69 Å². The molecular weight excluding hydrogens is 342 g/mol. The molecule has 0 saturated carbocycles. The highest BCUT2D eigenvalue weighted by molar-refractivity contribution is 7.15. The predicted octanol–water partition coefficient (Wildman–Crippen LogP) is 3.15. The Morgan fingerprint density at radius 1 is 1.32 bits per heavy atom. The Balaban J connectivity index is 1.81. The summed E-state index contributed by atoms with van der Waals surface area (Å²) in [7, 11) is 0. The highest BCUT2D eigenvalue weighted by Crippen LogP contribution is 2.27. The van der Waals surface area contributed by atoms with Crippen molar-refractivity contribution in [3.63, 3.8) is 0 Å². The summed E-state index contributed by atoms with van der Waals surface area (Å²) in [5.41, 5.74) is 2.45. The van der Waals surface area contributed by atoms with E-state index in [0.29, 0.717) is 10.6 Å². The largest absolute Gasteiger partial charge is 0.445 e. The predicted molar refractivity (Wildman–Crippen MR) is 95.8 cm³/mol. The number of fused-ring (bicyclic) bond motifs is 1. The molecule has 2 amide bonds. The van der Waals surface area contributed by atoms with Crippen molar-refractivity contribution in [1.29, 1.82) is 0 Å². The first-order valence-electron chi connectivity index (χ1n) is 7.34. The van der Waals surface area contributed by atoms with Crippen LogP contribution in [0.5, 0.6) is 0 Å². The Kier molecular flexibility index (Phi) is 4.75. The normalized spacial score (nSPS) is 10.4. The third-order valence-electron chi connectivity index (χ3n) is 3.13. The lowest BCUT2D eigenvalue weighted by atomic mass is 10.1. The average Bonchev–Trinajstić information content (AvgIpc) is 3.13. The van der Waals surface area contributed by atoms with Gasteiger partial charge in [-0.3, -0.25) is 10.1 Å². The maximum atomic E-state index is 11.5.